The van der Waals surface area contributed by atoms with Crippen LogP contribution in [0.4, 0.5) is 14.6 Å². The Morgan fingerprint density at radius 2 is 1.97 bits per heavy atom. The van der Waals surface area contributed by atoms with Gasteiger partial charge in [-0.2, -0.15) is 4.98 Å². The molecule has 1 aliphatic rings. The summed E-state index contributed by atoms with van der Waals surface area (Å²) in [4.78, 5) is 28.0. The molecule has 1 unspecified atom stereocenters. The van der Waals surface area contributed by atoms with Crippen molar-refractivity contribution >= 4 is 30.2 Å². The van der Waals surface area contributed by atoms with Gasteiger partial charge in [-0.15, -0.1) is 0 Å². The van der Waals surface area contributed by atoms with Gasteiger partial charge in [0, 0.05) is 6.20 Å². The Hall–Kier alpha value is -2.48. The van der Waals surface area contributed by atoms with Crippen LogP contribution in [0, 0.1) is 0 Å². The van der Waals surface area contributed by atoms with Crippen LogP contribution in [-0.4, -0.2) is 57.0 Å². The first-order valence-corrected chi connectivity index (χ1v) is 13.9. The highest BCUT2D eigenvalue weighted by molar-refractivity contribution is 8.09. The van der Waals surface area contributed by atoms with Gasteiger partial charge in [-0.3, -0.25) is 9.36 Å². The van der Waals surface area contributed by atoms with Crippen molar-refractivity contribution in [3.8, 4) is 5.75 Å². The topological polar surface area (TPSA) is 147 Å². The largest absolute Gasteiger partial charge is 0.462 e. The smallest absolute Gasteiger partial charge is 0.351 e. The van der Waals surface area contributed by atoms with Crippen LogP contribution in [0.15, 0.2) is 47.4 Å². The number of hydrogen-bond donors (Lipinski definition) is 3. The van der Waals surface area contributed by atoms with Crippen molar-refractivity contribution in [2.45, 2.75) is 63.7 Å². The lowest BCUT2D eigenvalue weighted by atomic mass is 9.97. The predicted molar refractivity (Wildman–Crippen MR) is 134 cm³/mol. The molecule has 1 aromatic heterocycles. The number of hydrogen-bond acceptors (Lipinski definition) is 10. The van der Waals surface area contributed by atoms with E-state index < -0.39 is 60.9 Å². The molecule has 0 saturated carbocycles. The number of halogens is 2. The predicted octanol–water partition coefficient (Wildman–Crippen LogP) is 2.36. The summed E-state index contributed by atoms with van der Waals surface area (Å²) < 4.78 is 53.8. The quantitative estimate of drug-likeness (QED) is 0.290. The minimum Gasteiger partial charge on any atom is -0.462 e. The first kappa shape index (κ1) is 29.1. The van der Waals surface area contributed by atoms with Gasteiger partial charge in [-0.25, -0.2) is 18.7 Å². The summed E-state index contributed by atoms with van der Waals surface area (Å²) in [7, 11) is 0. The number of para-hydroxylation sites is 1. The average Bonchev–Trinajstić information content (AvgIpc) is 2.98. The molecule has 15 heteroatoms. The summed E-state index contributed by atoms with van der Waals surface area (Å²) in [6.45, 7) is 0.799. The number of esters is 1. The van der Waals surface area contributed by atoms with Crippen LogP contribution in [0.3, 0.4) is 0 Å². The molecule has 2 aromatic rings. The normalized spacial score (nSPS) is 28.0. The van der Waals surface area contributed by atoms with E-state index in [1.165, 1.54) is 13.0 Å². The number of ether oxygens (including phenoxy) is 2. The number of nitrogens with one attached hydrogen (secondary N) is 1. The van der Waals surface area contributed by atoms with Crippen molar-refractivity contribution < 1.29 is 37.2 Å². The molecule has 1 saturated heterocycles. The molecule has 2 heterocycles. The van der Waals surface area contributed by atoms with Gasteiger partial charge in [0.1, 0.15) is 24.2 Å². The molecule has 1 fully saturated rings. The zero-order valence-corrected chi connectivity index (χ0v) is 22.2. The minimum atomic E-state index is -3.73. The molecule has 1 aliphatic heterocycles. The van der Waals surface area contributed by atoms with Gasteiger partial charge in [0.25, 0.3) is 5.85 Å². The molecule has 4 N–H and O–H groups in total. The monoisotopic (exact) mass is 562 g/mol. The summed E-state index contributed by atoms with van der Waals surface area (Å²) >= 11 is 5.50. The Morgan fingerprint density at radius 1 is 1.32 bits per heavy atom. The van der Waals surface area contributed by atoms with Crippen molar-refractivity contribution in [1.29, 1.82) is 0 Å². The van der Waals surface area contributed by atoms with E-state index in [-0.39, 0.29) is 11.6 Å². The molecule has 0 aliphatic carbocycles. The molecule has 0 radical (unpaired) electrons. The highest BCUT2D eigenvalue weighted by Crippen LogP contribution is 2.51. The van der Waals surface area contributed by atoms with Gasteiger partial charge >= 0.3 is 18.3 Å². The average molecular weight is 563 g/mol. The van der Waals surface area contributed by atoms with Gasteiger partial charge in [-0.1, -0.05) is 18.2 Å². The van der Waals surface area contributed by atoms with Gasteiger partial charge in [0.05, 0.1) is 6.10 Å². The number of rotatable bonds is 10. The maximum absolute atomic E-state index is 15.9. The molecule has 0 bridgehead atoms. The number of nitrogen functional groups attached to an aromatic ring is 1. The van der Waals surface area contributed by atoms with Crippen molar-refractivity contribution in [3.63, 3.8) is 0 Å². The third-order valence-electron chi connectivity index (χ3n) is 5.29. The van der Waals surface area contributed by atoms with Gasteiger partial charge < -0.3 is 29.4 Å². The number of anilines is 1. The van der Waals surface area contributed by atoms with Crippen LogP contribution >= 0.6 is 6.64 Å². The minimum absolute atomic E-state index is 0.134. The lowest BCUT2D eigenvalue weighted by Gasteiger charge is -2.30. The molecule has 3 rings (SSSR count). The summed E-state index contributed by atoms with van der Waals surface area (Å²) in [5.74, 6) is -3.72. The number of nitrogens with two attached hydrogens (primary N) is 1. The van der Waals surface area contributed by atoms with Crippen LogP contribution in [0.2, 0.25) is 0 Å². The van der Waals surface area contributed by atoms with Crippen LogP contribution in [0.1, 0.15) is 33.9 Å². The van der Waals surface area contributed by atoms with Gasteiger partial charge in [0.2, 0.25) is 0 Å². The number of nitrogens with zero attached hydrogens (tertiary/aromatic N) is 2. The lowest BCUT2D eigenvalue weighted by Crippen LogP contribution is -2.47. The van der Waals surface area contributed by atoms with Crippen LogP contribution in [0.25, 0.3) is 0 Å². The van der Waals surface area contributed by atoms with E-state index >= 15 is 8.78 Å². The van der Waals surface area contributed by atoms with E-state index in [2.05, 4.69) is 10.1 Å². The van der Waals surface area contributed by atoms with Crippen molar-refractivity contribution in [1.82, 2.24) is 14.6 Å². The maximum Gasteiger partial charge on any atom is 0.351 e. The third kappa shape index (κ3) is 6.70. The molecule has 11 nitrogen and oxygen atoms in total. The van der Waals surface area contributed by atoms with Crippen molar-refractivity contribution in [2.75, 3.05) is 12.3 Å². The summed E-state index contributed by atoms with van der Waals surface area (Å²) in [5.41, 5.74) is 1.66. The molecule has 1 aromatic carbocycles. The second-order valence-electron chi connectivity index (χ2n) is 8.86. The number of carbonyl (C=O) groups excluding carboxylic acids is 1. The lowest BCUT2D eigenvalue weighted by molar-refractivity contribution is -0.203. The standard InChI is InChI=1S/C22H29F2N4O7PS/c1-13(2)33-17(29)14(3)27-36(37,35-15-8-6-5-7-9-15)32-12-22(24)18(30)21(4,23)19(34-22)28-11-10-16(25)26-20(28)31/h5-11,13-14,18-19,30H,12H2,1-4H3,(H,27,37)(H2,25,26,31)/t14-,18-,19+,21+,22+,36?/m0/s1. The van der Waals surface area contributed by atoms with E-state index in [1.54, 1.807) is 44.2 Å². The fourth-order valence-corrected chi connectivity index (χ4v) is 5.87. The zero-order chi connectivity index (χ0) is 27.6. The van der Waals surface area contributed by atoms with Crippen LogP contribution in [0.5, 0.6) is 5.75 Å². The molecular formula is C22H29F2N4O7PS. The second-order valence-corrected chi connectivity index (χ2v) is 12.0. The third-order valence-corrected chi connectivity index (χ3v) is 7.77. The number of aliphatic hydroxyl groups excluding tert-OH is 1. The van der Waals surface area contributed by atoms with Crippen molar-refractivity contribution in [3.05, 3.63) is 53.1 Å². The zero-order valence-electron chi connectivity index (χ0n) is 20.5. The Kier molecular flexibility index (Phi) is 8.72. The van der Waals surface area contributed by atoms with E-state index in [0.29, 0.717) is 4.57 Å². The Balaban J connectivity index is 1.85. The highest BCUT2D eigenvalue weighted by atomic mass is 32.5. The molecule has 204 valence electrons. The first-order valence-electron chi connectivity index (χ1n) is 11.2. The SMILES string of the molecule is CC(C)OC(=O)[C@H](C)NP(=S)(OC[C@@]1(F)O[C@@H](n2ccc(N)nc2=O)[C@](C)(F)[C@@H]1O)Oc1ccccc1. The molecule has 0 spiro atoms. The van der Waals surface area contributed by atoms with E-state index in [1.807, 2.05) is 0 Å². The number of aliphatic hydroxyl groups is 1. The number of carbonyl (C=O) groups is 1. The summed E-state index contributed by atoms with van der Waals surface area (Å²) in [5, 5.41) is 13.2. The number of benzene rings is 1. The van der Waals surface area contributed by atoms with E-state index in [9.17, 15) is 14.7 Å². The number of aromatic nitrogens is 2. The fourth-order valence-electron chi connectivity index (χ4n) is 3.48. The van der Waals surface area contributed by atoms with Gasteiger partial charge in [-0.05, 0) is 57.7 Å². The number of alkyl halides is 2. The van der Waals surface area contributed by atoms with Crippen molar-refractivity contribution in [2.24, 2.45) is 0 Å². The molecule has 6 atom stereocenters. The fraction of sp³-hybridized carbons (Fsp3) is 0.500. The first-order chi connectivity index (χ1) is 17.2. The Morgan fingerprint density at radius 3 is 2.57 bits per heavy atom. The second kappa shape index (κ2) is 11.1. The highest BCUT2D eigenvalue weighted by Gasteiger charge is 2.65. The van der Waals surface area contributed by atoms with Crippen LogP contribution in [-0.2, 0) is 30.6 Å². The Labute approximate surface area is 217 Å². The molecule has 0 amide bonds. The molecular weight excluding hydrogens is 533 g/mol. The van der Waals surface area contributed by atoms with Gasteiger partial charge in [0.15, 0.2) is 18.0 Å². The molecule has 37 heavy (non-hydrogen) atoms. The maximum atomic E-state index is 15.9. The Bertz CT molecular complexity index is 1220. The van der Waals surface area contributed by atoms with Crippen LogP contribution < -0.4 is 21.0 Å². The van der Waals surface area contributed by atoms with E-state index in [0.717, 1.165) is 13.1 Å². The summed E-state index contributed by atoms with van der Waals surface area (Å²) in [6.07, 6.45) is -3.65. The summed E-state index contributed by atoms with van der Waals surface area (Å²) in [6, 6.07) is 8.32. The van der Waals surface area contributed by atoms with E-state index in [4.69, 9.17) is 36.1 Å².